The van der Waals surface area contributed by atoms with Crippen LogP contribution in [0.1, 0.15) is 22.4 Å². The third-order valence-electron chi connectivity index (χ3n) is 7.17. The number of likely N-dealkylation sites (N-methyl/N-ethyl adjacent to an activating group) is 1. The number of rotatable bonds is 7. The maximum Gasteiger partial charge on any atom is 0.258 e. The van der Waals surface area contributed by atoms with Gasteiger partial charge in [0.2, 0.25) is 10.0 Å². The molecule has 39 heavy (non-hydrogen) atoms. The Balaban J connectivity index is 1.40. The summed E-state index contributed by atoms with van der Waals surface area (Å²) < 4.78 is 36.6. The maximum atomic E-state index is 13.9. The molecule has 0 unspecified atom stereocenters. The minimum atomic E-state index is -3.73. The lowest BCUT2D eigenvalue weighted by Crippen LogP contribution is -2.29. The molecule has 6 rings (SSSR count). The predicted molar refractivity (Wildman–Crippen MR) is 153 cm³/mol. The van der Waals surface area contributed by atoms with Crippen molar-refractivity contribution in [1.29, 1.82) is 0 Å². The van der Waals surface area contributed by atoms with Gasteiger partial charge in [0, 0.05) is 30.7 Å². The summed E-state index contributed by atoms with van der Waals surface area (Å²) in [7, 11) is -1.73. The van der Waals surface area contributed by atoms with Crippen molar-refractivity contribution in [3.05, 3.63) is 130 Å². The lowest BCUT2D eigenvalue weighted by Gasteiger charge is -2.24. The van der Waals surface area contributed by atoms with Gasteiger partial charge in [-0.3, -0.25) is 9.36 Å². The number of hydrogen-bond donors (Lipinski definition) is 0. The highest BCUT2D eigenvalue weighted by molar-refractivity contribution is 7.89. The highest BCUT2D eigenvalue weighted by Gasteiger charge is 2.29. The van der Waals surface area contributed by atoms with Crippen LogP contribution in [0.25, 0.3) is 16.6 Å². The Morgan fingerprint density at radius 2 is 1.59 bits per heavy atom. The molecular weight excluding hydrogens is 510 g/mol. The van der Waals surface area contributed by atoms with Gasteiger partial charge in [-0.1, -0.05) is 66.7 Å². The van der Waals surface area contributed by atoms with Crippen LogP contribution in [-0.2, 0) is 35.3 Å². The zero-order valence-corrected chi connectivity index (χ0v) is 22.5. The van der Waals surface area contributed by atoms with Gasteiger partial charge in [-0.2, -0.15) is 0 Å². The van der Waals surface area contributed by atoms with E-state index in [1.807, 2.05) is 85.9 Å². The summed E-state index contributed by atoms with van der Waals surface area (Å²) in [4.78, 5) is 15.2. The van der Waals surface area contributed by atoms with E-state index in [0.717, 1.165) is 40.7 Å². The first-order chi connectivity index (χ1) is 18.9. The van der Waals surface area contributed by atoms with Gasteiger partial charge >= 0.3 is 0 Å². The molecule has 0 fully saturated rings. The smallest absolute Gasteiger partial charge is 0.258 e. The van der Waals surface area contributed by atoms with E-state index in [4.69, 9.17) is 4.74 Å². The van der Waals surface area contributed by atoms with Gasteiger partial charge in [-0.15, -0.1) is 0 Å². The normalized spacial score (nSPS) is 13.9. The van der Waals surface area contributed by atoms with E-state index in [-0.39, 0.29) is 11.3 Å². The summed E-state index contributed by atoms with van der Waals surface area (Å²) in [6.07, 6.45) is 2.44. The van der Waals surface area contributed by atoms with Crippen LogP contribution in [0.4, 0.5) is 0 Å². The van der Waals surface area contributed by atoms with Gasteiger partial charge in [0.05, 0.1) is 22.7 Å². The minimum absolute atomic E-state index is 0.106. The Morgan fingerprint density at radius 3 is 2.31 bits per heavy atom. The Labute approximate surface area is 227 Å². The molecule has 0 amide bonds. The van der Waals surface area contributed by atoms with Crippen molar-refractivity contribution >= 4 is 20.9 Å². The Morgan fingerprint density at radius 1 is 0.872 bits per heavy atom. The molecule has 2 aromatic heterocycles. The second kappa shape index (κ2) is 10.2. The standard InChI is InChI=1S/C31H29N3O4S/c1-32-16-15-28-27-13-12-25(33-17-14-26(19-31(33)35)38-21-23-8-4-2-5-9-23)18-29(27)34(30(28)20-32)39(36,37)22-24-10-6-3-7-11-24/h2-14,17-19H,15-16,20-22H2,1H3. The van der Waals surface area contributed by atoms with Crippen molar-refractivity contribution in [2.75, 3.05) is 13.6 Å². The van der Waals surface area contributed by atoms with Crippen molar-refractivity contribution in [2.24, 2.45) is 0 Å². The quantitative estimate of drug-likeness (QED) is 0.299. The fraction of sp³-hybridized carbons (Fsp3) is 0.194. The monoisotopic (exact) mass is 539 g/mol. The number of fused-ring (bicyclic) bond motifs is 3. The maximum absolute atomic E-state index is 13.9. The van der Waals surface area contributed by atoms with Gasteiger partial charge in [0.1, 0.15) is 12.4 Å². The molecule has 0 radical (unpaired) electrons. The molecule has 3 aromatic carbocycles. The number of nitrogens with zero attached hydrogens (tertiary/aromatic N) is 3. The summed E-state index contributed by atoms with van der Waals surface area (Å²) in [5.41, 5.74) is 4.54. The van der Waals surface area contributed by atoms with Crippen molar-refractivity contribution in [3.8, 4) is 11.4 Å². The molecule has 3 heterocycles. The topological polar surface area (TPSA) is 73.5 Å². The average Bonchev–Trinajstić information content (AvgIpc) is 3.26. The van der Waals surface area contributed by atoms with Gasteiger partial charge in [0.15, 0.2) is 0 Å². The van der Waals surface area contributed by atoms with Gasteiger partial charge in [-0.05, 0) is 48.4 Å². The SMILES string of the molecule is CN1CCc2c(n(S(=O)(=O)Cc3ccccc3)c3cc(-n4ccc(OCc5ccccc5)cc4=O)ccc23)C1. The average molecular weight is 540 g/mol. The Kier molecular flexibility index (Phi) is 6.58. The highest BCUT2D eigenvalue weighted by Crippen LogP contribution is 2.34. The van der Waals surface area contributed by atoms with E-state index in [9.17, 15) is 13.2 Å². The molecule has 0 aliphatic carbocycles. The molecule has 0 spiro atoms. The number of aromatic nitrogens is 2. The number of hydrogen-bond acceptors (Lipinski definition) is 5. The molecule has 1 aliphatic rings. The third-order valence-corrected chi connectivity index (χ3v) is 8.84. The van der Waals surface area contributed by atoms with E-state index in [1.165, 1.54) is 14.6 Å². The molecule has 7 nitrogen and oxygen atoms in total. The molecule has 1 aliphatic heterocycles. The lowest BCUT2D eigenvalue weighted by molar-refractivity contribution is 0.305. The van der Waals surface area contributed by atoms with E-state index in [1.54, 1.807) is 12.3 Å². The van der Waals surface area contributed by atoms with Crippen molar-refractivity contribution in [2.45, 2.75) is 25.3 Å². The molecule has 0 atom stereocenters. The van der Waals surface area contributed by atoms with Crippen LogP contribution in [0.2, 0.25) is 0 Å². The third kappa shape index (κ3) is 5.01. The Bertz CT molecular complexity index is 1810. The van der Waals surface area contributed by atoms with Crippen LogP contribution < -0.4 is 10.3 Å². The largest absolute Gasteiger partial charge is 0.489 e. The number of benzene rings is 3. The first-order valence-corrected chi connectivity index (χ1v) is 14.5. The molecule has 0 bridgehead atoms. The second-order valence-corrected chi connectivity index (χ2v) is 11.8. The van der Waals surface area contributed by atoms with Crippen LogP contribution in [0.3, 0.4) is 0 Å². The van der Waals surface area contributed by atoms with Crippen LogP contribution in [0, 0.1) is 0 Å². The van der Waals surface area contributed by atoms with Crippen molar-refractivity contribution in [3.63, 3.8) is 0 Å². The summed E-state index contributed by atoms with van der Waals surface area (Å²) in [6, 6.07) is 27.8. The van der Waals surface area contributed by atoms with Gasteiger partial charge < -0.3 is 9.64 Å². The Hall–Kier alpha value is -4.14. The van der Waals surface area contributed by atoms with Crippen molar-refractivity contribution in [1.82, 2.24) is 13.4 Å². The van der Waals surface area contributed by atoms with E-state index >= 15 is 0 Å². The zero-order chi connectivity index (χ0) is 27.0. The summed E-state index contributed by atoms with van der Waals surface area (Å²) >= 11 is 0. The van der Waals surface area contributed by atoms with Crippen LogP contribution >= 0.6 is 0 Å². The molecule has 0 saturated carbocycles. The molecule has 0 saturated heterocycles. The van der Waals surface area contributed by atoms with Crippen LogP contribution in [0.15, 0.2) is 102 Å². The predicted octanol–water partition coefficient (Wildman–Crippen LogP) is 4.74. The molecule has 0 N–H and O–H groups in total. The van der Waals surface area contributed by atoms with Crippen LogP contribution in [-0.4, -0.2) is 35.4 Å². The highest BCUT2D eigenvalue weighted by atomic mass is 32.2. The molecule has 198 valence electrons. The molecular formula is C31H29N3O4S. The van der Waals surface area contributed by atoms with E-state index in [0.29, 0.717) is 30.1 Å². The second-order valence-electron chi connectivity index (χ2n) is 9.97. The fourth-order valence-electron chi connectivity index (χ4n) is 5.26. The lowest BCUT2D eigenvalue weighted by atomic mass is 10.0. The summed E-state index contributed by atoms with van der Waals surface area (Å²) in [6.45, 7) is 1.76. The number of pyridine rings is 1. The van der Waals surface area contributed by atoms with Gasteiger partial charge in [0.25, 0.3) is 5.56 Å². The first kappa shape index (κ1) is 25.2. The van der Waals surface area contributed by atoms with Gasteiger partial charge in [-0.25, -0.2) is 12.4 Å². The summed E-state index contributed by atoms with van der Waals surface area (Å²) in [5.74, 6) is 0.374. The van der Waals surface area contributed by atoms with Crippen LogP contribution in [0.5, 0.6) is 5.75 Å². The fourth-order valence-corrected chi connectivity index (χ4v) is 6.96. The van der Waals surface area contributed by atoms with E-state index in [2.05, 4.69) is 4.90 Å². The number of ether oxygens (including phenoxy) is 1. The van der Waals surface area contributed by atoms with Crippen molar-refractivity contribution < 1.29 is 13.2 Å². The summed E-state index contributed by atoms with van der Waals surface area (Å²) in [5, 5.41) is 0.911. The minimum Gasteiger partial charge on any atom is -0.489 e. The van der Waals surface area contributed by atoms with E-state index < -0.39 is 10.0 Å². The zero-order valence-electron chi connectivity index (χ0n) is 21.7. The first-order valence-electron chi connectivity index (χ1n) is 12.9. The molecule has 5 aromatic rings. The molecule has 8 heteroatoms.